The Kier molecular flexibility index (Phi) is 3.67. The number of nitrogen functional groups attached to an aromatic ring is 1. The molecule has 0 aromatic heterocycles. The van der Waals surface area contributed by atoms with Gasteiger partial charge in [-0.1, -0.05) is 12.1 Å². The number of benzene rings is 2. The largest absolute Gasteiger partial charge is 0.508 e. The molecule has 0 radical (unpaired) electrons. The molecule has 2 aromatic rings. The highest BCUT2D eigenvalue weighted by molar-refractivity contribution is 9.10. The zero-order valence-electron chi connectivity index (χ0n) is 9.56. The summed E-state index contributed by atoms with van der Waals surface area (Å²) >= 11 is 3.29. The number of carbonyl (C=O) groups excluding carboxylic acids is 1. The predicted molar refractivity (Wildman–Crippen MR) is 74.7 cm³/mol. The first-order valence-electron chi connectivity index (χ1n) is 5.42. The van der Waals surface area contributed by atoms with Gasteiger partial charge in [-0.25, -0.2) is 0 Å². The van der Waals surface area contributed by atoms with E-state index in [2.05, 4.69) is 15.9 Å². The van der Waals surface area contributed by atoms with E-state index in [9.17, 15) is 9.90 Å². The number of ketones is 1. The summed E-state index contributed by atoms with van der Waals surface area (Å²) in [5.74, 6) is 0.153. The van der Waals surface area contributed by atoms with E-state index in [4.69, 9.17) is 5.73 Å². The number of rotatable bonds is 3. The third-order valence-corrected chi connectivity index (χ3v) is 3.28. The molecule has 0 bridgehead atoms. The molecule has 0 heterocycles. The predicted octanol–water partition coefficient (Wildman–Crippen LogP) is 3.16. The number of phenols is 1. The van der Waals surface area contributed by atoms with E-state index in [0.29, 0.717) is 15.7 Å². The summed E-state index contributed by atoms with van der Waals surface area (Å²) < 4.78 is 0.712. The average molecular weight is 306 g/mol. The molecule has 3 N–H and O–H groups in total. The smallest absolute Gasteiger partial charge is 0.167 e. The minimum Gasteiger partial charge on any atom is -0.508 e. The second kappa shape index (κ2) is 5.23. The third kappa shape index (κ3) is 2.90. The van der Waals surface area contributed by atoms with Crippen molar-refractivity contribution in [3.8, 4) is 5.75 Å². The van der Waals surface area contributed by atoms with Gasteiger partial charge in [0, 0.05) is 22.1 Å². The van der Waals surface area contributed by atoms with Crippen molar-refractivity contribution in [3.05, 3.63) is 58.1 Å². The number of hydrogen-bond donors (Lipinski definition) is 2. The van der Waals surface area contributed by atoms with Crippen LogP contribution in [0.2, 0.25) is 0 Å². The van der Waals surface area contributed by atoms with Gasteiger partial charge < -0.3 is 10.8 Å². The number of phenolic OH excluding ortho intramolecular Hbond substituents is 1. The van der Waals surface area contributed by atoms with E-state index in [1.54, 1.807) is 36.4 Å². The van der Waals surface area contributed by atoms with Crippen LogP contribution in [-0.2, 0) is 6.42 Å². The molecular formula is C14H12BrNO2. The monoisotopic (exact) mass is 305 g/mol. The lowest BCUT2D eigenvalue weighted by Crippen LogP contribution is -2.04. The minimum absolute atomic E-state index is 0.0127. The van der Waals surface area contributed by atoms with Gasteiger partial charge in [0.1, 0.15) is 5.75 Å². The standard InChI is InChI=1S/C14H12BrNO2/c15-12-8-10(4-5-13(12)16)14(18)7-9-2-1-3-11(17)6-9/h1-6,8,17H,7,16H2. The van der Waals surface area contributed by atoms with Crippen LogP contribution in [0.1, 0.15) is 15.9 Å². The summed E-state index contributed by atoms with van der Waals surface area (Å²) in [5, 5.41) is 9.34. The second-order valence-corrected chi connectivity index (χ2v) is 4.86. The van der Waals surface area contributed by atoms with E-state index in [0.717, 1.165) is 5.56 Å². The summed E-state index contributed by atoms with van der Waals surface area (Å²) in [7, 11) is 0. The molecule has 2 rings (SSSR count). The molecule has 2 aromatic carbocycles. The number of Topliss-reactive ketones (excluding diaryl/α,β-unsaturated/α-hetero) is 1. The summed E-state index contributed by atoms with van der Waals surface area (Å²) in [6, 6.07) is 11.8. The lowest BCUT2D eigenvalue weighted by atomic mass is 10.0. The van der Waals surface area contributed by atoms with Crippen LogP contribution in [-0.4, -0.2) is 10.9 Å². The zero-order valence-corrected chi connectivity index (χ0v) is 11.1. The van der Waals surface area contributed by atoms with Gasteiger partial charge in [-0.3, -0.25) is 4.79 Å². The third-order valence-electron chi connectivity index (χ3n) is 2.60. The molecule has 0 spiro atoms. The maximum atomic E-state index is 12.0. The van der Waals surface area contributed by atoms with Gasteiger partial charge >= 0.3 is 0 Å². The van der Waals surface area contributed by atoms with Crippen LogP contribution in [0.3, 0.4) is 0 Å². The van der Waals surface area contributed by atoms with Crippen molar-refractivity contribution in [2.45, 2.75) is 6.42 Å². The molecule has 0 fully saturated rings. The Balaban J connectivity index is 2.19. The molecule has 3 nitrogen and oxygen atoms in total. The molecule has 4 heteroatoms. The maximum absolute atomic E-state index is 12.0. The van der Waals surface area contributed by atoms with Crippen molar-refractivity contribution >= 4 is 27.4 Å². The molecular weight excluding hydrogens is 294 g/mol. The minimum atomic E-state index is -0.0127. The number of anilines is 1. The summed E-state index contributed by atoms with van der Waals surface area (Å²) in [4.78, 5) is 12.0. The first-order chi connectivity index (χ1) is 8.56. The highest BCUT2D eigenvalue weighted by Gasteiger charge is 2.09. The maximum Gasteiger partial charge on any atom is 0.167 e. The van der Waals surface area contributed by atoms with E-state index in [1.807, 2.05) is 6.07 Å². The lowest BCUT2D eigenvalue weighted by Gasteiger charge is -2.04. The summed E-state index contributed by atoms with van der Waals surface area (Å²) in [5.41, 5.74) is 7.65. The normalized spacial score (nSPS) is 10.3. The van der Waals surface area contributed by atoms with Gasteiger partial charge in [0.25, 0.3) is 0 Å². The molecule has 0 saturated carbocycles. The second-order valence-electron chi connectivity index (χ2n) is 4.01. The Labute approximate surface area is 113 Å². The van der Waals surface area contributed by atoms with Gasteiger partial charge in [0.15, 0.2) is 5.78 Å². The van der Waals surface area contributed by atoms with Crippen molar-refractivity contribution in [3.63, 3.8) is 0 Å². The number of nitrogens with two attached hydrogens (primary N) is 1. The van der Waals surface area contributed by atoms with Crippen LogP contribution in [0.25, 0.3) is 0 Å². The Morgan fingerprint density at radius 1 is 1.22 bits per heavy atom. The Hall–Kier alpha value is -1.81. The van der Waals surface area contributed by atoms with Crippen molar-refractivity contribution in [1.82, 2.24) is 0 Å². The van der Waals surface area contributed by atoms with E-state index >= 15 is 0 Å². The van der Waals surface area contributed by atoms with Gasteiger partial charge in [0.2, 0.25) is 0 Å². The van der Waals surface area contributed by atoms with E-state index in [-0.39, 0.29) is 18.0 Å². The first kappa shape index (κ1) is 12.6. The summed E-state index contributed by atoms with van der Waals surface area (Å²) in [6.07, 6.45) is 0.255. The molecule has 18 heavy (non-hydrogen) atoms. The van der Waals surface area contributed by atoms with Crippen molar-refractivity contribution < 1.29 is 9.90 Å². The molecule has 0 saturated heterocycles. The molecule has 0 aliphatic rings. The van der Waals surface area contributed by atoms with Gasteiger partial charge in [-0.2, -0.15) is 0 Å². The van der Waals surface area contributed by atoms with E-state index in [1.165, 1.54) is 0 Å². The van der Waals surface area contributed by atoms with Crippen LogP contribution in [0.5, 0.6) is 5.75 Å². The van der Waals surface area contributed by atoms with Crippen LogP contribution in [0.15, 0.2) is 46.9 Å². The zero-order chi connectivity index (χ0) is 13.1. The fraction of sp³-hybridized carbons (Fsp3) is 0.0714. The number of aromatic hydroxyl groups is 1. The Morgan fingerprint density at radius 2 is 2.00 bits per heavy atom. The van der Waals surface area contributed by atoms with Crippen LogP contribution in [0, 0.1) is 0 Å². The Morgan fingerprint density at radius 3 is 2.67 bits per heavy atom. The highest BCUT2D eigenvalue weighted by Crippen LogP contribution is 2.21. The number of hydrogen-bond acceptors (Lipinski definition) is 3. The molecule has 0 unspecified atom stereocenters. The lowest BCUT2D eigenvalue weighted by molar-refractivity contribution is 0.0993. The molecule has 92 valence electrons. The molecule has 0 aliphatic heterocycles. The summed E-state index contributed by atoms with van der Waals surface area (Å²) in [6.45, 7) is 0. The first-order valence-corrected chi connectivity index (χ1v) is 6.21. The van der Waals surface area contributed by atoms with Gasteiger partial charge in [-0.05, 0) is 51.8 Å². The van der Waals surface area contributed by atoms with Gasteiger partial charge in [-0.15, -0.1) is 0 Å². The SMILES string of the molecule is Nc1ccc(C(=O)Cc2cccc(O)c2)cc1Br. The molecule has 0 aliphatic carbocycles. The fourth-order valence-electron chi connectivity index (χ4n) is 1.65. The van der Waals surface area contributed by atoms with Crippen LogP contribution in [0.4, 0.5) is 5.69 Å². The quantitative estimate of drug-likeness (QED) is 0.676. The number of halogens is 1. The van der Waals surface area contributed by atoms with Crippen LogP contribution < -0.4 is 5.73 Å². The molecule has 0 atom stereocenters. The Bertz CT molecular complexity index is 596. The van der Waals surface area contributed by atoms with E-state index < -0.39 is 0 Å². The van der Waals surface area contributed by atoms with Crippen LogP contribution >= 0.6 is 15.9 Å². The van der Waals surface area contributed by atoms with Crippen molar-refractivity contribution in [1.29, 1.82) is 0 Å². The topological polar surface area (TPSA) is 63.3 Å². The molecule has 0 amide bonds. The number of carbonyl (C=O) groups is 1. The van der Waals surface area contributed by atoms with Crippen molar-refractivity contribution in [2.24, 2.45) is 0 Å². The highest BCUT2D eigenvalue weighted by atomic mass is 79.9. The fourth-order valence-corrected chi connectivity index (χ4v) is 2.03. The van der Waals surface area contributed by atoms with Crippen molar-refractivity contribution in [2.75, 3.05) is 5.73 Å². The van der Waals surface area contributed by atoms with Gasteiger partial charge in [0.05, 0.1) is 0 Å². The average Bonchev–Trinajstić information content (AvgIpc) is 2.32.